The Kier molecular flexibility index (Phi) is 9.40. The minimum Gasteiger partial charge on any atom is -0.275 e. The van der Waals surface area contributed by atoms with E-state index in [0.717, 1.165) is 34.0 Å². The predicted octanol–water partition coefficient (Wildman–Crippen LogP) is 17.3. The summed E-state index contributed by atoms with van der Waals surface area (Å²) in [5.74, 6) is 1.61. The quantitative estimate of drug-likeness (QED) is 0.149. The van der Waals surface area contributed by atoms with Crippen molar-refractivity contribution in [3.63, 3.8) is 0 Å². The lowest BCUT2D eigenvalue weighted by Gasteiger charge is -2.19. The minimum absolute atomic E-state index is 0.798. The largest absolute Gasteiger partial charge is 0.275 e. The van der Waals surface area contributed by atoms with Gasteiger partial charge in [0.25, 0.3) is 0 Å². The number of para-hydroxylation sites is 1. The van der Waals surface area contributed by atoms with Crippen LogP contribution in [0.3, 0.4) is 0 Å². The lowest BCUT2D eigenvalue weighted by molar-refractivity contribution is 1.07. The van der Waals surface area contributed by atoms with E-state index in [4.69, 9.17) is 10.2 Å². The summed E-state index contributed by atoms with van der Waals surface area (Å²) in [6, 6.07) is 87.9. The van der Waals surface area contributed by atoms with Gasteiger partial charge in [-0.1, -0.05) is 212 Å². The second-order valence-electron chi connectivity index (χ2n) is 17.8. The molecule has 0 spiro atoms. The Morgan fingerprint density at radius 2 is 0.676 bits per heavy atom. The summed E-state index contributed by atoms with van der Waals surface area (Å²) < 4.78 is 2.16. The molecular formula is C65H43N3. The summed E-state index contributed by atoms with van der Waals surface area (Å²) in [7, 11) is 0. The van der Waals surface area contributed by atoms with Crippen LogP contribution in [-0.2, 0) is 0 Å². The zero-order valence-corrected chi connectivity index (χ0v) is 37.4. The molecule has 68 heavy (non-hydrogen) atoms. The van der Waals surface area contributed by atoms with Crippen molar-refractivity contribution < 1.29 is 0 Å². The number of nitrogens with zero attached hydrogens (tertiary/aromatic N) is 3. The Hall–Kier alpha value is -8.92. The Morgan fingerprint density at radius 3 is 1.34 bits per heavy atom. The molecular weight excluding hydrogens is 823 g/mol. The van der Waals surface area contributed by atoms with Crippen molar-refractivity contribution in [1.82, 2.24) is 14.8 Å². The van der Waals surface area contributed by atoms with Gasteiger partial charge in [-0.2, -0.15) is 0 Å². The van der Waals surface area contributed by atoms with Crippen molar-refractivity contribution in [3.8, 4) is 73.0 Å². The number of hydrogen-bond acceptors (Lipinski definition) is 2. The van der Waals surface area contributed by atoms with Gasteiger partial charge in [-0.05, 0) is 141 Å². The third-order valence-corrected chi connectivity index (χ3v) is 13.9. The van der Waals surface area contributed by atoms with E-state index >= 15 is 0 Å². The van der Waals surface area contributed by atoms with Gasteiger partial charge in [0.15, 0.2) is 11.6 Å². The summed E-state index contributed by atoms with van der Waals surface area (Å²) in [6.45, 7) is 2.27. The molecule has 0 saturated carbocycles. The van der Waals surface area contributed by atoms with Crippen LogP contribution < -0.4 is 0 Å². The van der Waals surface area contributed by atoms with Crippen molar-refractivity contribution >= 4 is 53.9 Å². The van der Waals surface area contributed by atoms with Crippen molar-refractivity contribution in [2.24, 2.45) is 0 Å². The summed E-state index contributed by atoms with van der Waals surface area (Å²) in [5.41, 5.74) is 14.0. The first-order valence-corrected chi connectivity index (χ1v) is 23.3. The fourth-order valence-corrected chi connectivity index (χ4v) is 10.7. The van der Waals surface area contributed by atoms with Crippen LogP contribution in [0, 0.1) is 6.92 Å². The van der Waals surface area contributed by atoms with Gasteiger partial charge in [0, 0.05) is 16.8 Å². The first kappa shape index (κ1) is 39.4. The topological polar surface area (TPSA) is 30.7 Å². The molecule has 0 saturated heterocycles. The lowest BCUT2D eigenvalue weighted by Crippen LogP contribution is -2.00. The van der Waals surface area contributed by atoms with Crippen LogP contribution in [-0.4, -0.2) is 14.8 Å². The van der Waals surface area contributed by atoms with E-state index in [2.05, 4.69) is 230 Å². The fraction of sp³-hybridized carbons (Fsp3) is 0.0154. The van der Waals surface area contributed by atoms with Crippen LogP contribution >= 0.6 is 0 Å². The van der Waals surface area contributed by atoms with Crippen LogP contribution in [0.4, 0.5) is 0 Å². The van der Waals surface area contributed by atoms with E-state index in [9.17, 15) is 0 Å². The maximum atomic E-state index is 4.79. The van der Waals surface area contributed by atoms with Gasteiger partial charge in [0.1, 0.15) is 0 Å². The van der Waals surface area contributed by atoms with E-state index < -0.39 is 0 Å². The fourth-order valence-electron chi connectivity index (χ4n) is 10.7. The molecule has 0 radical (unpaired) electrons. The summed E-state index contributed by atoms with van der Waals surface area (Å²) in [4.78, 5) is 0. The van der Waals surface area contributed by atoms with Crippen LogP contribution in [0.2, 0.25) is 0 Å². The zero-order valence-electron chi connectivity index (χ0n) is 37.4. The Balaban J connectivity index is 0.943. The van der Waals surface area contributed by atoms with Crippen LogP contribution in [0.15, 0.2) is 243 Å². The van der Waals surface area contributed by atoms with E-state index in [1.807, 2.05) is 24.3 Å². The second kappa shape index (κ2) is 16.2. The Morgan fingerprint density at radius 1 is 0.265 bits per heavy atom. The summed E-state index contributed by atoms with van der Waals surface area (Å²) in [6.07, 6.45) is 0. The smallest absolute Gasteiger partial charge is 0.168 e. The van der Waals surface area contributed by atoms with E-state index in [1.165, 1.54) is 98.4 Å². The maximum Gasteiger partial charge on any atom is 0.168 e. The normalized spacial score (nSPS) is 11.6. The molecule has 13 aromatic rings. The van der Waals surface area contributed by atoms with Crippen LogP contribution in [0.25, 0.3) is 127 Å². The monoisotopic (exact) mass is 865 g/mol. The highest BCUT2D eigenvalue weighted by atomic mass is 15.3. The molecule has 318 valence electrons. The lowest BCUT2D eigenvalue weighted by atomic mass is 9.84. The predicted molar refractivity (Wildman–Crippen MR) is 286 cm³/mol. The molecule has 0 amide bonds. The standard InChI is InChI=1S/C65H43N3/c1-42-53-25-10-11-26-55(53)63(51-36-31-43-17-8-9-20-47(43)39-51)60-41-49(37-38-54(42)60)48-21-16-22-50(40-48)62-58-29-14-12-27-56(58)61(57-28-13-15-30-59(57)62)44-32-34-46(35-33-44)65-67-66-64(45-18-4-2-5-19-45)68(65)52-23-6-3-7-24-52/h2-41H,1H3. The average Bonchev–Trinajstić information content (AvgIpc) is 3.86. The first-order valence-electron chi connectivity index (χ1n) is 23.3. The molecule has 1 aromatic heterocycles. The van der Waals surface area contributed by atoms with Crippen LogP contribution in [0.5, 0.6) is 0 Å². The van der Waals surface area contributed by atoms with Crippen molar-refractivity contribution in [3.05, 3.63) is 248 Å². The molecule has 1 heterocycles. The highest BCUT2D eigenvalue weighted by molar-refractivity contribution is 6.22. The number of rotatable bonds is 7. The van der Waals surface area contributed by atoms with Crippen molar-refractivity contribution in [1.29, 1.82) is 0 Å². The van der Waals surface area contributed by atoms with Gasteiger partial charge in [0.05, 0.1) is 0 Å². The molecule has 0 N–H and O–H groups in total. The van der Waals surface area contributed by atoms with Gasteiger partial charge in [0.2, 0.25) is 0 Å². The van der Waals surface area contributed by atoms with Gasteiger partial charge in [-0.3, -0.25) is 4.57 Å². The molecule has 0 fully saturated rings. The molecule has 0 aliphatic carbocycles. The second-order valence-corrected chi connectivity index (χ2v) is 17.8. The molecule has 0 atom stereocenters. The summed E-state index contributed by atoms with van der Waals surface area (Å²) in [5, 5.41) is 22.0. The van der Waals surface area contributed by atoms with Gasteiger partial charge in [-0.15, -0.1) is 10.2 Å². The van der Waals surface area contributed by atoms with Gasteiger partial charge in [-0.25, -0.2) is 0 Å². The van der Waals surface area contributed by atoms with Gasteiger partial charge >= 0.3 is 0 Å². The SMILES string of the molecule is Cc1c2ccccc2c(-c2ccc3ccccc3c2)c2cc(-c3cccc(-c4c5ccccc5c(-c5ccc(-c6nnc(-c7ccccc7)n6-c6ccccc6)cc5)c5ccccc45)c3)ccc12. The Labute approximate surface area is 394 Å². The van der Waals surface area contributed by atoms with E-state index in [1.54, 1.807) is 0 Å². The molecule has 3 nitrogen and oxygen atoms in total. The van der Waals surface area contributed by atoms with Crippen molar-refractivity contribution in [2.75, 3.05) is 0 Å². The first-order chi connectivity index (χ1) is 33.7. The summed E-state index contributed by atoms with van der Waals surface area (Å²) >= 11 is 0. The van der Waals surface area contributed by atoms with Crippen LogP contribution in [0.1, 0.15) is 5.56 Å². The molecule has 13 rings (SSSR count). The number of aromatic nitrogens is 3. The third-order valence-electron chi connectivity index (χ3n) is 13.9. The average molecular weight is 866 g/mol. The molecule has 0 aliphatic heterocycles. The molecule has 0 bridgehead atoms. The maximum absolute atomic E-state index is 4.79. The zero-order chi connectivity index (χ0) is 45.1. The van der Waals surface area contributed by atoms with E-state index in [0.29, 0.717) is 0 Å². The molecule has 0 unspecified atom stereocenters. The number of benzene rings is 12. The highest BCUT2D eigenvalue weighted by Gasteiger charge is 2.21. The number of aryl methyl sites for hydroxylation is 1. The van der Waals surface area contributed by atoms with Gasteiger partial charge < -0.3 is 0 Å². The number of fused-ring (bicyclic) bond motifs is 5. The molecule has 3 heteroatoms. The van der Waals surface area contributed by atoms with Crippen molar-refractivity contribution in [2.45, 2.75) is 6.92 Å². The Bertz CT molecular complexity index is 4020. The minimum atomic E-state index is 0.798. The van der Waals surface area contributed by atoms with E-state index in [-0.39, 0.29) is 0 Å². The third kappa shape index (κ3) is 6.51. The molecule has 0 aliphatic rings. The molecule has 12 aromatic carbocycles. The number of hydrogen-bond donors (Lipinski definition) is 0. The highest BCUT2D eigenvalue weighted by Crippen LogP contribution is 2.46.